The van der Waals surface area contributed by atoms with Crippen LogP contribution in [0.3, 0.4) is 0 Å². The van der Waals surface area contributed by atoms with Gasteiger partial charge in [-0.3, -0.25) is 0 Å². The van der Waals surface area contributed by atoms with Crippen LogP contribution < -0.4 is 15.8 Å². The van der Waals surface area contributed by atoms with E-state index < -0.39 is 24.0 Å². The number of hydrogen-bond acceptors (Lipinski definition) is 3. The van der Waals surface area contributed by atoms with Crippen molar-refractivity contribution >= 4 is 5.69 Å². The Morgan fingerprint density at radius 3 is 2.68 bits per heavy atom. The minimum Gasteiger partial charge on any atom is -0.487 e. The van der Waals surface area contributed by atoms with Gasteiger partial charge < -0.3 is 15.8 Å². The Labute approximate surface area is 107 Å². The lowest BCUT2D eigenvalue weighted by Gasteiger charge is -2.28. The molecule has 19 heavy (non-hydrogen) atoms. The van der Waals surface area contributed by atoms with Crippen molar-refractivity contribution in [1.82, 2.24) is 5.32 Å². The van der Waals surface area contributed by atoms with Crippen LogP contribution in [0.1, 0.15) is 12.0 Å². The zero-order chi connectivity index (χ0) is 14.0. The van der Waals surface area contributed by atoms with Crippen molar-refractivity contribution in [3.63, 3.8) is 0 Å². The van der Waals surface area contributed by atoms with Gasteiger partial charge in [0.15, 0.2) is 0 Å². The first-order valence-electron chi connectivity index (χ1n) is 5.86. The molecule has 7 heteroatoms. The van der Waals surface area contributed by atoms with Crippen molar-refractivity contribution in [2.24, 2.45) is 0 Å². The Morgan fingerprint density at radius 2 is 2.05 bits per heavy atom. The second-order valence-electron chi connectivity index (χ2n) is 4.42. The summed E-state index contributed by atoms with van der Waals surface area (Å²) < 4.78 is 57.3. The summed E-state index contributed by atoms with van der Waals surface area (Å²) >= 11 is 0. The molecule has 1 aliphatic rings. The molecule has 1 saturated heterocycles. The van der Waals surface area contributed by atoms with E-state index in [1.807, 2.05) is 0 Å². The first-order chi connectivity index (χ1) is 8.88. The Bertz CT molecular complexity index is 450. The molecule has 0 spiro atoms. The van der Waals surface area contributed by atoms with E-state index >= 15 is 0 Å². The number of rotatable bonds is 2. The third-order valence-corrected chi connectivity index (χ3v) is 2.94. The van der Waals surface area contributed by atoms with Gasteiger partial charge in [-0.1, -0.05) is 0 Å². The van der Waals surface area contributed by atoms with Crippen LogP contribution in [0.4, 0.5) is 23.2 Å². The van der Waals surface area contributed by atoms with E-state index in [9.17, 15) is 17.6 Å². The van der Waals surface area contributed by atoms with E-state index in [1.165, 1.54) is 6.07 Å². The van der Waals surface area contributed by atoms with Crippen LogP contribution in [0.2, 0.25) is 0 Å². The predicted molar refractivity (Wildman–Crippen MR) is 62.7 cm³/mol. The lowest BCUT2D eigenvalue weighted by molar-refractivity contribution is -0.139. The van der Waals surface area contributed by atoms with Gasteiger partial charge in [0, 0.05) is 12.2 Å². The van der Waals surface area contributed by atoms with Gasteiger partial charge in [0.2, 0.25) is 0 Å². The zero-order valence-electron chi connectivity index (χ0n) is 10.0. The van der Waals surface area contributed by atoms with E-state index in [-0.39, 0.29) is 18.0 Å². The van der Waals surface area contributed by atoms with Crippen molar-refractivity contribution < 1.29 is 22.3 Å². The van der Waals surface area contributed by atoms with Gasteiger partial charge in [0.05, 0.1) is 5.56 Å². The van der Waals surface area contributed by atoms with E-state index in [0.29, 0.717) is 13.0 Å². The van der Waals surface area contributed by atoms with Crippen molar-refractivity contribution in [3.8, 4) is 5.75 Å². The third-order valence-electron chi connectivity index (χ3n) is 2.94. The first kappa shape index (κ1) is 13.9. The van der Waals surface area contributed by atoms with E-state index in [1.54, 1.807) is 0 Å². The molecule has 2 rings (SSSR count). The molecule has 0 aromatic heterocycles. The highest BCUT2D eigenvalue weighted by Gasteiger charge is 2.36. The topological polar surface area (TPSA) is 47.3 Å². The summed E-state index contributed by atoms with van der Waals surface area (Å²) in [7, 11) is 0. The van der Waals surface area contributed by atoms with Gasteiger partial charge in [-0.2, -0.15) is 13.2 Å². The van der Waals surface area contributed by atoms with Crippen LogP contribution >= 0.6 is 0 Å². The van der Waals surface area contributed by atoms with Crippen LogP contribution in [-0.2, 0) is 6.18 Å². The molecule has 0 amide bonds. The van der Waals surface area contributed by atoms with Gasteiger partial charge >= 0.3 is 6.18 Å². The number of halogens is 4. The van der Waals surface area contributed by atoms with Crippen molar-refractivity contribution in [3.05, 3.63) is 23.8 Å². The molecule has 1 unspecified atom stereocenters. The number of nitrogens with two attached hydrogens (primary N) is 1. The van der Waals surface area contributed by atoms with E-state index in [4.69, 9.17) is 10.5 Å². The van der Waals surface area contributed by atoms with Crippen LogP contribution in [0.15, 0.2) is 18.2 Å². The molecule has 1 heterocycles. The fraction of sp³-hybridized carbons (Fsp3) is 0.500. The molecule has 0 bridgehead atoms. The lowest BCUT2D eigenvalue weighted by Crippen LogP contribution is -2.44. The summed E-state index contributed by atoms with van der Waals surface area (Å²) in [5.74, 6) is -0.378. The maximum absolute atomic E-state index is 13.5. The number of benzene rings is 1. The molecule has 0 radical (unpaired) electrons. The molecule has 1 fully saturated rings. The number of nitrogen functional groups attached to an aromatic ring is 1. The van der Waals surface area contributed by atoms with Gasteiger partial charge in [0.25, 0.3) is 0 Å². The van der Waals surface area contributed by atoms with Crippen LogP contribution in [0.25, 0.3) is 0 Å². The first-order valence-corrected chi connectivity index (χ1v) is 5.86. The highest BCUT2D eigenvalue weighted by atomic mass is 19.4. The molecule has 0 saturated carbocycles. The van der Waals surface area contributed by atoms with Crippen molar-refractivity contribution in [2.75, 3.05) is 18.8 Å². The highest BCUT2D eigenvalue weighted by Crippen LogP contribution is 2.38. The number of ether oxygens (including phenoxy) is 1. The van der Waals surface area contributed by atoms with Gasteiger partial charge in [-0.25, -0.2) is 4.39 Å². The number of nitrogens with one attached hydrogen (secondary N) is 1. The molecule has 2 atom stereocenters. The maximum Gasteiger partial charge on any atom is 0.420 e. The van der Waals surface area contributed by atoms with Crippen molar-refractivity contribution in [1.29, 1.82) is 0 Å². The zero-order valence-corrected chi connectivity index (χ0v) is 10.0. The fourth-order valence-corrected chi connectivity index (χ4v) is 1.96. The molecule has 3 nitrogen and oxygen atoms in total. The second-order valence-corrected chi connectivity index (χ2v) is 4.42. The average molecular weight is 278 g/mol. The Morgan fingerprint density at radius 1 is 1.32 bits per heavy atom. The monoisotopic (exact) mass is 278 g/mol. The number of hydrogen-bond donors (Lipinski definition) is 2. The molecule has 1 aromatic rings. The number of piperidine rings is 1. The van der Waals surface area contributed by atoms with Crippen LogP contribution in [0, 0.1) is 0 Å². The average Bonchev–Trinajstić information content (AvgIpc) is 2.33. The summed E-state index contributed by atoms with van der Waals surface area (Å²) in [6.45, 7) is 0.600. The van der Waals surface area contributed by atoms with Crippen LogP contribution in [-0.4, -0.2) is 25.4 Å². The Hall–Kier alpha value is -1.50. The number of alkyl halides is 4. The SMILES string of the molecule is Nc1ccc(OC2CCNC[C@H]2F)c(C(F)(F)F)c1. The third kappa shape index (κ3) is 3.28. The number of anilines is 1. The normalized spacial score (nSPS) is 24.2. The summed E-state index contributed by atoms with van der Waals surface area (Å²) in [5.41, 5.74) is 4.36. The molecule has 1 aromatic carbocycles. The lowest BCUT2D eigenvalue weighted by atomic mass is 10.1. The predicted octanol–water partition coefficient (Wildman–Crippen LogP) is 2.37. The summed E-state index contributed by atoms with van der Waals surface area (Å²) in [5, 5.41) is 2.81. The standard InChI is InChI=1S/C12H14F4N2O/c13-9-6-18-4-3-11(9)19-10-2-1-7(17)5-8(10)12(14,15)16/h1-2,5,9,11,18H,3-4,6,17H2/t9-,11?/m1/s1. The summed E-state index contributed by atoms with van der Waals surface area (Å²) in [6, 6.07) is 3.23. The van der Waals surface area contributed by atoms with E-state index in [2.05, 4.69) is 5.32 Å². The smallest absolute Gasteiger partial charge is 0.420 e. The van der Waals surface area contributed by atoms with Crippen molar-refractivity contribution in [2.45, 2.75) is 24.9 Å². The largest absolute Gasteiger partial charge is 0.487 e. The second kappa shape index (κ2) is 5.24. The summed E-state index contributed by atoms with van der Waals surface area (Å²) in [4.78, 5) is 0. The van der Waals surface area contributed by atoms with E-state index in [0.717, 1.165) is 12.1 Å². The molecule has 3 N–H and O–H groups in total. The van der Waals surface area contributed by atoms with Gasteiger partial charge in [-0.15, -0.1) is 0 Å². The Kier molecular flexibility index (Phi) is 3.84. The molecular formula is C12H14F4N2O. The quantitative estimate of drug-likeness (QED) is 0.645. The fourth-order valence-electron chi connectivity index (χ4n) is 1.96. The highest BCUT2D eigenvalue weighted by molar-refractivity contribution is 5.49. The summed E-state index contributed by atoms with van der Waals surface area (Å²) in [6.07, 6.45) is -6.45. The minimum atomic E-state index is -4.58. The molecule has 0 aliphatic carbocycles. The molecular weight excluding hydrogens is 264 g/mol. The maximum atomic E-state index is 13.5. The minimum absolute atomic E-state index is 0.0122. The van der Waals surface area contributed by atoms with Gasteiger partial charge in [-0.05, 0) is 31.2 Å². The molecule has 106 valence electrons. The van der Waals surface area contributed by atoms with Gasteiger partial charge in [0.1, 0.15) is 18.0 Å². The Balaban J connectivity index is 2.24. The van der Waals surface area contributed by atoms with Crippen LogP contribution in [0.5, 0.6) is 5.75 Å². The molecule has 1 aliphatic heterocycles.